The number of hydrogen-bond donors (Lipinski definition) is 1. The molecule has 8 heteroatoms. The molecule has 2 aromatic rings. The number of carbonyl (C=O) groups excluding carboxylic acids is 2. The van der Waals surface area contributed by atoms with E-state index in [2.05, 4.69) is 9.69 Å². The molecule has 2 heterocycles. The first-order valence-electron chi connectivity index (χ1n) is 8.12. The Balaban J connectivity index is 1.75. The number of ether oxygens (including phenoxy) is 1. The number of alkyl halides is 1. The van der Waals surface area contributed by atoms with E-state index in [0.717, 1.165) is 15.6 Å². The van der Waals surface area contributed by atoms with Crippen molar-refractivity contribution in [3.05, 3.63) is 29.5 Å². The van der Waals surface area contributed by atoms with E-state index in [0.29, 0.717) is 25.4 Å². The Morgan fingerprint density at radius 3 is 3.08 bits per heavy atom. The predicted molar refractivity (Wildman–Crippen MR) is 98.3 cm³/mol. The number of aromatic nitrogens is 1. The topological polar surface area (TPSA) is 71.5 Å². The van der Waals surface area contributed by atoms with E-state index >= 15 is 0 Å². The smallest absolute Gasteiger partial charge is 0.274 e. The highest BCUT2D eigenvalue weighted by atomic mass is 35.5. The minimum absolute atomic E-state index is 0.0934. The fourth-order valence-corrected chi connectivity index (χ4v) is 3.73. The van der Waals surface area contributed by atoms with E-state index < -0.39 is 0 Å². The van der Waals surface area contributed by atoms with Gasteiger partial charge in [-0.25, -0.2) is 0 Å². The van der Waals surface area contributed by atoms with Gasteiger partial charge < -0.3 is 15.0 Å². The number of hydrogen-bond acceptors (Lipinski definition) is 5. The summed E-state index contributed by atoms with van der Waals surface area (Å²) in [5, 5.41) is 3.67. The summed E-state index contributed by atoms with van der Waals surface area (Å²) in [5.41, 5.74) is 1.58. The average molecular weight is 382 g/mol. The predicted octanol–water partition coefficient (Wildman–Crippen LogP) is 2.19. The molecule has 25 heavy (non-hydrogen) atoms. The van der Waals surface area contributed by atoms with Crippen molar-refractivity contribution in [1.29, 1.82) is 0 Å². The summed E-state index contributed by atoms with van der Waals surface area (Å²) in [6.45, 7) is 5.20. The zero-order valence-corrected chi connectivity index (χ0v) is 15.7. The zero-order valence-electron chi connectivity index (χ0n) is 14.1. The van der Waals surface area contributed by atoms with Crippen LogP contribution in [0.15, 0.2) is 18.2 Å². The maximum absolute atomic E-state index is 12.9. The van der Waals surface area contributed by atoms with Crippen LogP contribution in [-0.4, -0.2) is 58.8 Å². The fourth-order valence-electron chi connectivity index (χ4n) is 2.90. The van der Waals surface area contributed by atoms with Gasteiger partial charge >= 0.3 is 0 Å². The van der Waals surface area contributed by atoms with Gasteiger partial charge in [0.1, 0.15) is 11.6 Å². The van der Waals surface area contributed by atoms with E-state index in [1.54, 1.807) is 4.90 Å². The number of nitrogens with one attached hydrogen (secondary N) is 1. The lowest BCUT2D eigenvalue weighted by Gasteiger charge is -2.35. The number of carbonyl (C=O) groups is 2. The fraction of sp³-hybridized carbons (Fsp3) is 0.471. The van der Waals surface area contributed by atoms with Crippen LogP contribution in [-0.2, 0) is 9.53 Å². The number of nitrogens with zero attached hydrogens (tertiary/aromatic N) is 2. The molecule has 0 radical (unpaired) electrons. The van der Waals surface area contributed by atoms with Crippen LogP contribution in [0.4, 0.5) is 0 Å². The number of fused-ring (bicyclic) bond motifs is 1. The van der Waals surface area contributed by atoms with E-state index in [-0.39, 0.29) is 29.8 Å². The molecule has 1 aromatic carbocycles. The molecule has 1 aliphatic rings. The van der Waals surface area contributed by atoms with E-state index in [4.69, 9.17) is 16.3 Å². The van der Waals surface area contributed by atoms with Crippen molar-refractivity contribution in [2.24, 2.45) is 0 Å². The number of morpholine rings is 1. The van der Waals surface area contributed by atoms with Gasteiger partial charge in [0, 0.05) is 18.5 Å². The second kappa shape index (κ2) is 7.68. The molecule has 0 bridgehead atoms. The molecule has 134 valence electrons. The quantitative estimate of drug-likeness (QED) is 0.824. The van der Waals surface area contributed by atoms with Crippen LogP contribution in [0.5, 0.6) is 0 Å². The van der Waals surface area contributed by atoms with Crippen LogP contribution in [0.1, 0.15) is 23.0 Å². The summed E-state index contributed by atoms with van der Waals surface area (Å²) in [5.74, 6) is -0.438. The lowest BCUT2D eigenvalue weighted by molar-refractivity contribution is -0.121. The molecule has 0 spiro atoms. The molecule has 1 aliphatic heterocycles. The zero-order chi connectivity index (χ0) is 18.0. The van der Waals surface area contributed by atoms with Crippen molar-refractivity contribution >= 4 is 45.0 Å². The Kier molecular flexibility index (Phi) is 5.56. The lowest BCUT2D eigenvalue weighted by atomic mass is 10.1. The van der Waals surface area contributed by atoms with Gasteiger partial charge in [0.2, 0.25) is 5.91 Å². The Bertz CT molecular complexity index is 795. The highest BCUT2D eigenvalue weighted by Gasteiger charge is 2.30. The Hall–Kier alpha value is -1.70. The van der Waals surface area contributed by atoms with Gasteiger partial charge in [0.15, 0.2) is 0 Å². The molecular weight excluding hydrogens is 362 g/mol. The first-order valence-corrected chi connectivity index (χ1v) is 9.42. The highest BCUT2D eigenvalue weighted by molar-refractivity contribution is 7.13. The molecule has 3 rings (SSSR count). The standard InChI is InChI=1S/C17H20ClN3O3S/c1-10-3-4-14-12(7-10)16(20-25-14)17(23)21-5-6-24-13(9-21)11(2)19-15(22)8-18/h3-4,7,11,13H,5-6,8-9H2,1-2H3,(H,19,22). The first kappa shape index (κ1) is 18.1. The lowest BCUT2D eigenvalue weighted by Crippen LogP contribution is -2.53. The SMILES string of the molecule is Cc1ccc2snc(C(=O)N3CCOC(C(C)NC(=O)CCl)C3)c2c1. The number of amides is 2. The van der Waals surface area contributed by atoms with Crippen LogP contribution >= 0.6 is 23.1 Å². The van der Waals surface area contributed by atoms with Gasteiger partial charge in [-0.15, -0.1) is 11.6 Å². The molecule has 1 saturated heterocycles. The molecular formula is C17H20ClN3O3S. The second-order valence-corrected chi connectivity index (χ2v) is 7.25. The van der Waals surface area contributed by atoms with Crippen LogP contribution < -0.4 is 5.32 Å². The molecule has 1 fully saturated rings. The van der Waals surface area contributed by atoms with Crippen LogP contribution in [0.2, 0.25) is 0 Å². The van der Waals surface area contributed by atoms with E-state index in [1.165, 1.54) is 11.5 Å². The molecule has 2 amide bonds. The molecule has 6 nitrogen and oxygen atoms in total. The number of benzene rings is 1. The second-order valence-electron chi connectivity index (χ2n) is 6.18. The summed E-state index contributed by atoms with van der Waals surface area (Å²) in [7, 11) is 0. The Morgan fingerprint density at radius 1 is 1.52 bits per heavy atom. The van der Waals surface area contributed by atoms with Gasteiger partial charge in [-0.3, -0.25) is 9.59 Å². The summed E-state index contributed by atoms with van der Waals surface area (Å²) in [4.78, 5) is 26.1. The Labute approximate surface area is 155 Å². The summed E-state index contributed by atoms with van der Waals surface area (Å²) in [6.07, 6.45) is -0.267. The molecule has 2 atom stereocenters. The van der Waals surface area contributed by atoms with Gasteiger partial charge in [0.05, 0.1) is 23.5 Å². The number of aryl methyl sites for hydroxylation is 1. The minimum Gasteiger partial charge on any atom is -0.372 e. The van der Waals surface area contributed by atoms with Crippen molar-refractivity contribution in [2.75, 3.05) is 25.6 Å². The molecule has 0 aliphatic carbocycles. The minimum atomic E-state index is -0.267. The van der Waals surface area contributed by atoms with Crippen molar-refractivity contribution < 1.29 is 14.3 Å². The van der Waals surface area contributed by atoms with Gasteiger partial charge in [-0.05, 0) is 37.5 Å². The van der Waals surface area contributed by atoms with Gasteiger partial charge in [0.25, 0.3) is 5.91 Å². The molecule has 2 unspecified atom stereocenters. The van der Waals surface area contributed by atoms with Gasteiger partial charge in [-0.2, -0.15) is 4.37 Å². The highest BCUT2D eigenvalue weighted by Crippen LogP contribution is 2.25. The van der Waals surface area contributed by atoms with Gasteiger partial charge in [-0.1, -0.05) is 11.6 Å². The normalized spacial score (nSPS) is 19.0. The van der Waals surface area contributed by atoms with Crippen molar-refractivity contribution in [2.45, 2.75) is 26.0 Å². The molecule has 1 aromatic heterocycles. The van der Waals surface area contributed by atoms with Crippen molar-refractivity contribution in [1.82, 2.24) is 14.6 Å². The third-order valence-electron chi connectivity index (χ3n) is 4.28. The summed E-state index contributed by atoms with van der Waals surface area (Å²) >= 11 is 6.86. The monoisotopic (exact) mass is 381 g/mol. The number of rotatable bonds is 4. The maximum atomic E-state index is 12.9. The van der Waals surface area contributed by atoms with E-state index in [9.17, 15) is 9.59 Å². The Morgan fingerprint density at radius 2 is 2.32 bits per heavy atom. The third-order valence-corrected chi connectivity index (χ3v) is 5.35. The van der Waals surface area contributed by atoms with Crippen LogP contribution in [0, 0.1) is 6.92 Å². The van der Waals surface area contributed by atoms with Crippen LogP contribution in [0.25, 0.3) is 10.1 Å². The summed E-state index contributed by atoms with van der Waals surface area (Å²) in [6, 6.07) is 5.77. The van der Waals surface area contributed by atoms with Crippen molar-refractivity contribution in [3.8, 4) is 0 Å². The largest absolute Gasteiger partial charge is 0.372 e. The maximum Gasteiger partial charge on any atom is 0.274 e. The van der Waals surface area contributed by atoms with Crippen LogP contribution in [0.3, 0.4) is 0 Å². The average Bonchev–Trinajstić information content (AvgIpc) is 3.04. The first-order chi connectivity index (χ1) is 12.0. The number of halogens is 1. The molecule has 0 saturated carbocycles. The molecule has 1 N–H and O–H groups in total. The van der Waals surface area contributed by atoms with E-state index in [1.807, 2.05) is 32.0 Å². The third kappa shape index (κ3) is 3.94. The summed E-state index contributed by atoms with van der Waals surface area (Å²) < 4.78 is 11.1. The van der Waals surface area contributed by atoms with Crippen molar-refractivity contribution in [3.63, 3.8) is 0 Å².